The van der Waals surface area contributed by atoms with Crippen LogP contribution in [0.2, 0.25) is 0 Å². The van der Waals surface area contributed by atoms with Crippen molar-refractivity contribution in [3.05, 3.63) is 38.4 Å². The van der Waals surface area contributed by atoms with E-state index in [-0.39, 0.29) is 6.61 Å². The molecule has 0 atom stereocenters. The first-order valence-corrected chi connectivity index (χ1v) is 4.73. The molecule has 0 N–H and O–H groups in total. The zero-order valence-corrected chi connectivity index (χ0v) is 9.19. The third-order valence-electron chi connectivity index (χ3n) is 1.81. The number of hydrogen-bond acceptors (Lipinski definition) is 7. The van der Waals surface area contributed by atoms with E-state index in [2.05, 4.69) is 9.47 Å². The van der Waals surface area contributed by atoms with Crippen molar-refractivity contribution in [1.82, 2.24) is 0 Å². The Labute approximate surface area is 100 Å². The van der Waals surface area contributed by atoms with Crippen LogP contribution in [-0.4, -0.2) is 22.6 Å². The van der Waals surface area contributed by atoms with Crippen molar-refractivity contribution >= 4 is 17.5 Å². The van der Waals surface area contributed by atoms with E-state index >= 15 is 0 Å². The Morgan fingerprint density at radius 3 is 2.44 bits per heavy atom. The molecule has 0 aliphatic heterocycles. The van der Waals surface area contributed by atoms with Gasteiger partial charge in [-0.1, -0.05) is 0 Å². The maximum absolute atomic E-state index is 11.0. The molecule has 0 aromatic heterocycles. The van der Waals surface area contributed by atoms with Crippen LogP contribution >= 0.6 is 0 Å². The molecule has 0 radical (unpaired) electrons. The molecule has 0 unspecified atom stereocenters. The molecule has 0 heterocycles. The highest BCUT2D eigenvalue weighted by Gasteiger charge is 2.22. The number of nitro benzene ring substituents is 2. The van der Waals surface area contributed by atoms with Gasteiger partial charge in [0, 0.05) is 6.07 Å². The molecule has 0 spiro atoms. The van der Waals surface area contributed by atoms with Crippen molar-refractivity contribution in [2.45, 2.75) is 6.92 Å². The van der Waals surface area contributed by atoms with E-state index in [1.165, 1.54) is 6.92 Å². The molecule has 9 heteroatoms. The number of ether oxygens (including phenoxy) is 2. The molecular weight excluding hydrogens is 248 g/mol. The fourth-order valence-electron chi connectivity index (χ4n) is 1.09. The minimum Gasteiger partial charge on any atom is -0.434 e. The summed E-state index contributed by atoms with van der Waals surface area (Å²) in [5.41, 5.74) is -1.16. The highest BCUT2D eigenvalue weighted by molar-refractivity contribution is 5.67. The molecule has 0 saturated carbocycles. The third kappa shape index (κ3) is 3.14. The fraction of sp³-hybridized carbons (Fsp3) is 0.222. The molecule has 0 aliphatic carbocycles. The Morgan fingerprint density at radius 2 is 1.94 bits per heavy atom. The first-order valence-electron chi connectivity index (χ1n) is 4.73. The molecule has 0 amide bonds. The number of rotatable bonds is 4. The van der Waals surface area contributed by atoms with Gasteiger partial charge in [-0.25, -0.2) is 4.79 Å². The maximum Gasteiger partial charge on any atom is 0.514 e. The topological polar surface area (TPSA) is 122 Å². The summed E-state index contributed by atoms with van der Waals surface area (Å²) in [6.07, 6.45) is -1.12. The molecule has 96 valence electrons. The average Bonchev–Trinajstić information content (AvgIpc) is 2.29. The van der Waals surface area contributed by atoms with Crippen molar-refractivity contribution in [3.63, 3.8) is 0 Å². The number of nitro groups is 2. The van der Waals surface area contributed by atoms with Gasteiger partial charge in [0.25, 0.3) is 5.69 Å². The normalized spacial score (nSPS) is 9.61. The standard InChI is InChI=1S/C9H8N2O7/c1-2-17-9(12)18-8-4-3-6(10(13)14)5-7(8)11(15)16/h3-5H,2H2,1H3. The van der Waals surface area contributed by atoms with Gasteiger partial charge < -0.3 is 9.47 Å². The van der Waals surface area contributed by atoms with Crippen LogP contribution in [0.15, 0.2) is 18.2 Å². The van der Waals surface area contributed by atoms with Crippen molar-refractivity contribution in [2.75, 3.05) is 6.61 Å². The Kier molecular flexibility index (Phi) is 4.13. The second kappa shape index (κ2) is 5.57. The number of hydrogen-bond donors (Lipinski definition) is 0. The summed E-state index contributed by atoms with van der Waals surface area (Å²) in [7, 11) is 0. The van der Waals surface area contributed by atoms with Crippen LogP contribution in [0, 0.1) is 20.2 Å². The van der Waals surface area contributed by atoms with Crippen LogP contribution in [0.5, 0.6) is 5.75 Å². The van der Waals surface area contributed by atoms with Crippen molar-refractivity contribution in [1.29, 1.82) is 0 Å². The van der Waals surface area contributed by atoms with Gasteiger partial charge >= 0.3 is 11.8 Å². The van der Waals surface area contributed by atoms with Gasteiger partial charge in [0.1, 0.15) is 0 Å². The summed E-state index contributed by atoms with van der Waals surface area (Å²) in [5.74, 6) is -0.413. The first-order chi connectivity index (χ1) is 8.45. The van der Waals surface area contributed by atoms with Crippen LogP contribution in [0.3, 0.4) is 0 Å². The molecule has 0 fully saturated rings. The lowest BCUT2D eigenvalue weighted by Gasteiger charge is -2.04. The van der Waals surface area contributed by atoms with E-state index in [0.29, 0.717) is 6.07 Å². The summed E-state index contributed by atoms with van der Waals surface area (Å²) >= 11 is 0. The summed E-state index contributed by atoms with van der Waals surface area (Å²) in [5, 5.41) is 21.1. The van der Waals surface area contributed by atoms with Crippen LogP contribution in [0.1, 0.15) is 6.92 Å². The largest absolute Gasteiger partial charge is 0.514 e. The SMILES string of the molecule is CCOC(=O)Oc1ccc([N+](=O)[O-])cc1[N+](=O)[O-]. The van der Waals surface area contributed by atoms with Crippen LogP contribution < -0.4 is 4.74 Å². The van der Waals surface area contributed by atoms with Gasteiger partial charge in [-0.3, -0.25) is 20.2 Å². The quantitative estimate of drug-likeness (QED) is 0.349. The molecule has 1 rings (SSSR count). The number of carbonyl (C=O) groups excluding carboxylic acids is 1. The number of carbonyl (C=O) groups is 1. The second-order valence-electron chi connectivity index (χ2n) is 2.95. The molecule has 18 heavy (non-hydrogen) atoms. The lowest BCUT2D eigenvalue weighted by atomic mass is 10.2. The molecule has 1 aromatic carbocycles. The van der Waals surface area contributed by atoms with E-state index in [1.54, 1.807) is 0 Å². The smallest absolute Gasteiger partial charge is 0.434 e. The summed E-state index contributed by atoms with van der Waals surface area (Å²) in [4.78, 5) is 30.5. The minimum absolute atomic E-state index is 0.0413. The molecule has 9 nitrogen and oxygen atoms in total. The van der Waals surface area contributed by atoms with Crippen molar-refractivity contribution in [2.24, 2.45) is 0 Å². The number of non-ortho nitro benzene ring substituents is 1. The predicted octanol–water partition coefficient (Wildman–Crippen LogP) is 2.04. The molecular formula is C9H8N2O7. The van der Waals surface area contributed by atoms with Gasteiger partial charge in [-0.05, 0) is 13.0 Å². The molecule has 0 aliphatic rings. The van der Waals surface area contributed by atoms with E-state index in [9.17, 15) is 25.0 Å². The Bertz CT molecular complexity index is 500. The molecule has 0 saturated heterocycles. The second-order valence-corrected chi connectivity index (χ2v) is 2.95. The van der Waals surface area contributed by atoms with Gasteiger partial charge in [0.2, 0.25) is 5.75 Å². The maximum atomic E-state index is 11.0. The summed E-state index contributed by atoms with van der Waals surface area (Å²) < 4.78 is 9.00. The molecule has 0 bridgehead atoms. The number of benzene rings is 1. The third-order valence-corrected chi connectivity index (χ3v) is 1.81. The highest BCUT2D eigenvalue weighted by Crippen LogP contribution is 2.31. The van der Waals surface area contributed by atoms with E-state index in [1.807, 2.05) is 0 Å². The van der Waals surface area contributed by atoms with Crippen molar-refractivity contribution in [3.8, 4) is 5.75 Å². The minimum atomic E-state index is -1.12. The summed E-state index contributed by atoms with van der Waals surface area (Å²) in [6, 6.07) is 2.66. The zero-order chi connectivity index (χ0) is 13.7. The predicted molar refractivity (Wildman–Crippen MR) is 57.4 cm³/mol. The van der Waals surface area contributed by atoms with E-state index in [0.717, 1.165) is 12.1 Å². The Balaban J connectivity index is 3.08. The highest BCUT2D eigenvalue weighted by atomic mass is 16.7. The zero-order valence-electron chi connectivity index (χ0n) is 9.19. The van der Waals surface area contributed by atoms with Crippen LogP contribution in [0.25, 0.3) is 0 Å². The lowest BCUT2D eigenvalue weighted by Crippen LogP contribution is -2.11. The Morgan fingerprint density at radius 1 is 1.28 bits per heavy atom. The monoisotopic (exact) mass is 256 g/mol. The fourth-order valence-corrected chi connectivity index (χ4v) is 1.09. The lowest BCUT2D eigenvalue weighted by molar-refractivity contribution is -0.394. The van der Waals surface area contributed by atoms with Crippen LogP contribution in [0.4, 0.5) is 16.2 Å². The van der Waals surface area contributed by atoms with E-state index in [4.69, 9.17) is 0 Å². The van der Waals surface area contributed by atoms with Gasteiger partial charge in [0.05, 0.1) is 22.5 Å². The first kappa shape index (κ1) is 13.4. The van der Waals surface area contributed by atoms with Crippen LogP contribution in [-0.2, 0) is 4.74 Å². The Hall–Kier alpha value is -2.71. The van der Waals surface area contributed by atoms with Gasteiger partial charge in [0.15, 0.2) is 0 Å². The van der Waals surface area contributed by atoms with Crippen molar-refractivity contribution < 1.29 is 24.1 Å². The number of nitrogens with zero attached hydrogens (tertiary/aromatic N) is 2. The molecule has 1 aromatic rings. The van der Waals surface area contributed by atoms with Gasteiger partial charge in [-0.2, -0.15) is 0 Å². The van der Waals surface area contributed by atoms with E-state index < -0.39 is 33.1 Å². The van der Waals surface area contributed by atoms with Gasteiger partial charge in [-0.15, -0.1) is 0 Å². The summed E-state index contributed by atoms with van der Waals surface area (Å²) in [6.45, 7) is 1.57. The average molecular weight is 256 g/mol.